The lowest BCUT2D eigenvalue weighted by molar-refractivity contribution is 0.0952. The van der Waals surface area contributed by atoms with Gasteiger partial charge in [-0.15, -0.1) is 11.3 Å². The van der Waals surface area contributed by atoms with Gasteiger partial charge in [0.1, 0.15) is 5.75 Å². The summed E-state index contributed by atoms with van der Waals surface area (Å²) in [6.45, 7) is 2.35. The number of para-hydroxylation sites is 1. The fourth-order valence-electron chi connectivity index (χ4n) is 3.03. The molecule has 1 N–H and O–H groups in total. The van der Waals surface area contributed by atoms with Crippen LogP contribution in [0.1, 0.15) is 21.1 Å². The van der Waals surface area contributed by atoms with E-state index in [0.717, 1.165) is 38.6 Å². The Balaban J connectivity index is 1.70. The lowest BCUT2D eigenvalue weighted by atomic mass is 10.0. The van der Waals surface area contributed by atoms with Crippen LogP contribution in [0.2, 0.25) is 0 Å². The van der Waals surface area contributed by atoms with Gasteiger partial charge in [0.05, 0.1) is 41.1 Å². The van der Waals surface area contributed by atoms with E-state index in [4.69, 9.17) is 9.72 Å². The van der Waals surface area contributed by atoms with E-state index in [0.29, 0.717) is 12.1 Å². The van der Waals surface area contributed by atoms with Crippen LogP contribution in [0.4, 0.5) is 0 Å². The number of fused-ring (bicyclic) bond motifs is 1. The summed E-state index contributed by atoms with van der Waals surface area (Å²) in [6.07, 6.45) is 0. The minimum atomic E-state index is -0.140. The van der Waals surface area contributed by atoms with Crippen LogP contribution in [0.5, 0.6) is 5.75 Å². The van der Waals surface area contributed by atoms with E-state index in [1.165, 1.54) is 0 Å². The van der Waals surface area contributed by atoms with Gasteiger partial charge < -0.3 is 10.1 Å². The second kappa shape index (κ2) is 7.78. The van der Waals surface area contributed by atoms with Gasteiger partial charge >= 0.3 is 0 Å². The summed E-state index contributed by atoms with van der Waals surface area (Å²) < 4.78 is 5.22. The summed E-state index contributed by atoms with van der Waals surface area (Å²) in [7, 11) is 1.63. The van der Waals surface area contributed by atoms with Gasteiger partial charge in [-0.1, -0.05) is 18.2 Å². The van der Waals surface area contributed by atoms with Crippen molar-refractivity contribution in [1.82, 2.24) is 15.3 Å². The number of thiazole rings is 1. The van der Waals surface area contributed by atoms with Gasteiger partial charge in [-0.3, -0.25) is 4.79 Å². The highest BCUT2D eigenvalue weighted by atomic mass is 32.1. The number of hydrogen-bond donors (Lipinski definition) is 1. The number of carbonyl (C=O) groups is 1. The van der Waals surface area contributed by atoms with Gasteiger partial charge in [-0.25, -0.2) is 9.97 Å². The summed E-state index contributed by atoms with van der Waals surface area (Å²) in [4.78, 5) is 22.1. The normalized spacial score (nSPS) is 10.8. The molecule has 2 heterocycles. The van der Waals surface area contributed by atoms with Gasteiger partial charge in [-0.05, 0) is 43.3 Å². The fraction of sp³-hybridized carbons (Fsp3) is 0.136. The number of amides is 1. The van der Waals surface area contributed by atoms with Crippen molar-refractivity contribution in [2.45, 2.75) is 13.5 Å². The zero-order chi connectivity index (χ0) is 19.5. The molecule has 0 unspecified atom stereocenters. The Hall–Kier alpha value is -3.25. The maximum atomic E-state index is 12.9. The highest BCUT2D eigenvalue weighted by molar-refractivity contribution is 7.09. The van der Waals surface area contributed by atoms with Crippen molar-refractivity contribution >= 4 is 28.1 Å². The second-order valence-corrected chi connectivity index (χ2v) is 7.40. The smallest absolute Gasteiger partial charge is 0.252 e. The van der Waals surface area contributed by atoms with Gasteiger partial charge in [0.15, 0.2) is 0 Å². The lowest BCUT2D eigenvalue weighted by Crippen LogP contribution is -2.23. The number of carbonyl (C=O) groups excluding carboxylic acids is 1. The number of pyridine rings is 1. The number of nitrogens with one attached hydrogen (secondary N) is 1. The number of benzene rings is 2. The summed E-state index contributed by atoms with van der Waals surface area (Å²) in [5.41, 5.74) is 3.92. The van der Waals surface area contributed by atoms with E-state index in [2.05, 4.69) is 10.3 Å². The third kappa shape index (κ3) is 3.73. The quantitative estimate of drug-likeness (QED) is 0.542. The topological polar surface area (TPSA) is 64.1 Å². The highest BCUT2D eigenvalue weighted by Crippen LogP contribution is 2.26. The van der Waals surface area contributed by atoms with Crippen LogP contribution in [-0.4, -0.2) is 23.0 Å². The van der Waals surface area contributed by atoms with Crippen molar-refractivity contribution in [2.75, 3.05) is 7.11 Å². The zero-order valence-corrected chi connectivity index (χ0v) is 16.4. The Labute approximate surface area is 167 Å². The molecule has 0 saturated heterocycles. The highest BCUT2D eigenvalue weighted by Gasteiger charge is 2.14. The molecule has 0 atom stereocenters. The van der Waals surface area contributed by atoms with Crippen LogP contribution in [0, 0.1) is 6.92 Å². The van der Waals surface area contributed by atoms with Crippen LogP contribution in [0.3, 0.4) is 0 Å². The molecule has 4 aromatic rings. The Morgan fingerprint density at radius 2 is 1.89 bits per heavy atom. The largest absolute Gasteiger partial charge is 0.497 e. The molecule has 0 aliphatic rings. The molecule has 0 aliphatic carbocycles. The average Bonchev–Trinajstić information content (AvgIpc) is 3.16. The van der Waals surface area contributed by atoms with E-state index < -0.39 is 0 Å². The molecule has 0 spiro atoms. The van der Waals surface area contributed by atoms with Gasteiger partial charge in [0, 0.05) is 16.3 Å². The standard InChI is InChI=1S/C22H19N3O2S/c1-14-24-16(13-28-14)12-23-22(26)19-11-21(15-7-9-17(27-2)10-8-15)25-20-6-4-3-5-18(19)20/h3-11,13H,12H2,1-2H3,(H,23,26). The van der Waals surface area contributed by atoms with Crippen molar-refractivity contribution in [3.63, 3.8) is 0 Å². The molecular formula is C22H19N3O2S. The first-order valence-corrected chi connectivity index (χ1v) is 9.75. The predicted molar refractivity (Wildman–Crippen MR) is 112 cm³/mol. The molecule has 0 saturated carbocycles. The van der Waals surface area contributed by atoms with Crippen LogP contribution in [-0.2, 0) is 6.54 Å². The van der Waals surface area contributed by atoms with E-state index in [9.17, 15) is 4.79 Å². The van der Waals surface area contributed by atoms with Crippen molar-refractivity contribution in [3.05, 3.63) is 76.2 Å². The second-order valence-electron chi connectivity index (χ2n) is 6.34. The Bertz CT molecular complexity index is 1140. The molecule has 2 aromatic heterocycles. The number of aromatic nitrogens is 2. The SMILES string of the molecule is COc1ccc(-c2cc(C(=O)NCc3csc(C)n3)c3ccccc3n2)cc1. The average molecular weight is 389 g/mol. The van der Waals surface area contributed by atoms with Crippen molar-refractivity contribution in [2.24, 2.45) is 0 Å². The van der Waals surface area contributed by atoms with Crippen LogP contribution in [0.25, 0.3) is 22.2 Å². The maximum absolute atomic E-state index is 12.9. The van der Waals surface area contributed by atoms with Crippen LogP contribution in [0.15, 0.2) is 60.0 Å². The number of nitrogens with zero attached hydrogens (tertiary/aromatic N) is 2. The van der Waals surface area contributed by atoms with Gasteiger partial charge in [-0.2, -0.15) is 0 Å². The van der Waals surface area contributed by atoms with Crippen LogP contribution >= 0.6 is 11.3 Å². The molecule has 2 aromatic carbocycles. The fourth-order valence-corrected chi connectivity index (χ4v) is 3.64. The molecular weight excluding hydrogens is 370 g/mol. The number of aryl methyl sites for hydroxylation is 1. The van der Waals surface area contributed by atoms with Crippen molar-refractivity contribution < 1.29 is 9.53 Å². The number of rotatable bonds is 5. The third-order valence-electron chi connectivity index (χ3n) is 4.44. The molecule has 0 aliphatic heterocycles. The first-order chi connectivity index (χ1) is 13.6. The monoisotopic (exact) mass is 389 g/mol. The number of hydrogen-bond acceptors (Lipinski definition) is 5. The summed E-state index contributed by atoms with van der Waals surface area (Å²) in [5, 5.41) is 6.75. The first kappa shape index (κ1) is 18.1. The van der Waals surface area contributed by atoms with Crippen molar-refractivity contribution in [3.8, 4) is 17.0 Å². The number of methoxy groups -OCH3 is 1. The molecule has 140 valence electrons. The minimum Gasteiger partial charge on any atom is -0.497 e. The van der Waals surface area contributed by atoms with E-state index >= 15 is 0 Å². The summed E-state index contributed by atoms with van der Waals surface area (Å²) in [6, 6.07) is 17.2. The molecule has 6 heteroatoms. The predicted octanol–water partition coefficient (Wildman–Crippen LogP) is 4.61. The van der Waals surface area contributed by atoms with E-state index in [-0.39, 0.29) is 5.91 Å². The van der Waals surface area contributed by atoms with Crippen LogP contribution < -0.4 is 10.1 Å². The molecule has 0 radical (unpaired) electrons. The van der Waals surface area contributed by atoms with Gasteiger partial charge in [0.25, 0.3) is 5.91 Å². The Morgan fingerprint density at radius 3 is 2.61 bits per heavy atom. The molecule has 28 heavy (non-hydrogen) atoms. The molecule has 5 nitrogen and oxygen atoms in total. The van der Waals surface area contributed by atoms with E-state index in [1.54, 1.807) is 18.4 Å². The lowest BCUT2D eigenvalue weighted by Gasteiger charge is -2.10. The van der Waals surface area contributed by atoms with Gasteiger partial charge in [0.2, 0.25) is 0 Å². The minimum absolute atomic E-state index is 0.140. The van der Waals surface area contributed by atoms with E-state index in [1.807, 2.05) is 66.9 Å². The molecule has 1 amide bonds. The number of ether oxygens (including phenoxy) is 1. The Kier molecular flexibility index (Phi) is 5.04. The molecule has 4 rings (SSSR count). The summed E-state index contributed by atoms with van der Waals surface area (Å²) in [5.74, 6) is 0.639. The maximum Gasteiger partial charge on any atom is 0.252 e. The Morgan fingerprint density at radius 1 is 1.11 bits per heavy atom. The third-order valence-corrected chi connectivity index (χ3v) is 5.27. The molecule has 0 fully saturated rings. The zero-order valence-electron chi connectivity index (χ0n) is 15.6. The first-order valence-electron chi connectivity index (χ1n) is 8.87. The molecule has 0 bridgehead atoms. The summed E-state index contributed by atoms with van der Waals surface area (Å²) >= 11 is 1.57. The van der Waals surface area contributed by atoms with Crippen molar-refractivity contribution in [1.29, 1.82) is 0 Å².